The van der Waals surface area contributed by atoms with Gasteiger partial charge in [0.2, 0.25) is 29.6 Å². The zero-order valence-corrected chi connectivity index (χ0v) is 49.9. The number of aromatic amines is 1. The number of nitrogens with one attached hydrogen (secondary N) is 6. The summed E-state index contributed by atoms with van der Waals surface area (Å²) >= 11 is 1.56. The van der Waals surface area contributed by atoms with Gasteiger partial charge < -0.3 is 70.2 Å². The van der Waals surface area contributed by atoms with Crippen molar-refractivity contribution in [3.05, 3.63) is 107 Å². The van der Waals surface area contributed by atoms with E-state index in [2.05, 4.69) is 46.5 Å². The summed E-state index contributed by atoms with van der Waals surface area (Å²) in [5.41, 5.74) is 5.35. The molecule has 7 N–H and O–H groups in total. The maximum Gasteiger partial charge on any atom is 0.256 e. The van der Waals surface area contributed by atoms with Crippen LogP contribution in [0.5, 0.6) is 5.75 Å². The van der Waals surface area contributed by atoms with Gasteiger partial charge in [0.25, 0.3) is 11.8 Å². The Bertz CT molecular complexity index is 3510. The zero-order valence-electron chi connectivity index (χ0n) is 49.1. The summed E-state index contributed by atoms with van der Waals surface area (Å²) in [6, 6.07) is 17.1. The number of carbonyl (C=O) groups excluding carboxylic acids is 6. The molecule has 86 heavy (non-hydrogen) atoms. The Labute approximate surface area is 500 Å². The number of methoxy groups -OCH3 is 1. The van der Waals surface area contributed by atoms with Gasteiger partial charge in [0.05, 0.1) is 116 Å². The van der Waals surface area contributed by atoms with Gasteiger partial charge in [0, 0.05) is 57.8 Å². The second kappa shape index (κ2) is 29.6. The van der Waals surface area contributed by atoms with Gasteiger partial charge in [0.15, 0.2) is 0 Å². The van der Waals surface area contributed by atoms with E-state index in [1.54, 1.807) is 59.6 Å². The predicted octanol–water partition coefficient (Wildman–Crippen LogP) is 6.09. The van der Waals surface area contributed by atoms with Gasteiger partial charge in [-0.15, -0.1) is 11.3 Å². The van der Waals surface area contributed by atoms with E-state index in [9.17, 15) is 38.3 Å². The number of carbonyl (C=O) groups is 6. The molecule has 3 atom stereocenters. The summed E-state index contributed by atoms with van der Waals surface area (Å²) in [7, 11) is 4.45. The maximum absolute atomic E-state index is 14.8. The number of rotatable bonds is 29. The number of nitrogens with zero attached hydrogens (tertiary/aromatic N) is 6. The lowest BCUT2D eigenvalue weighted by atomic mass is 9.85. The SMILES string of the molecule is CNC(=O)c1c(F)cccc1Nc1nc(Nc2cc3c(ccn3C(=O)CN(C)C(=O)CCOCCOCCOCCOCCC(=O)N[C@H](C(=O)N3C[C@H](O)C[C@H]3C(=O)NCc3ccc(-c4scnc4C)cc3)C(C)(C)C)cc2OC)nc2[nH]ccc12. The number of hydrogen-bond acceptors (Lipinski definition) is 18. The summed E-state index contributed by atoms with van der Waals surface area (Å²) in [6.07, 6.45) is 2.49. The molecule has 458 valence electrons. The summed E-state index contributed by atoms with van der Waals surface area (Å²) in [6.45, 7) is 9.13. The standard InChI is InChI=1S/C60H73FN12O12S/c1-36-52(86-35-65-36)38-13-11-37(12-14-38)32-64-56(78)46-30-40(74)33-73(46)58(80)53(60(2,3)4)68-48(75)17-21-82-23-25-84-27-28-85-26-24-83-22-18-49(76)71(6)34-50(77)72-20-16-39-29-47(81-7)44(31-45(39)72)67-59-69-54-41(15-19-63-54)55(70-59)66-43-10-8-9-42(61)51(43)57(79)62-5/h8-16,19-20,29,31,35,40,46,53,74H,17-18,21-28,30,32-34H2,1-7H3,(H,62,79)(H,64,78)(H,68,75)(H3,63,66,67,69,70)/t40-,46+,53-/m1/s1. The number of β-amino-alcohol motifs (C(OH)–C–C–N with tert-alkyl or cyclic N) is 1. The summed E-state index contributed by atoms with van der Waals surface area (Å²) < 4.78 is 44.3. The number of thiazole rings is 1. The van der Waals surface area contributed by atoms with E-state index in [0.717, 1.165) is 21.7 Å². The normalized spacial score (nSPS) is 14.5. The molecule has 3 aromatic carbocycles. The Balaban J connectivity index is 0.692. The molecule has 1 aliphatic rings. The fourth-order valence-corrected chi connectivity index (χ4v) is 10.4. The van der Waals surface area contributed by atoms with Gasteiger partial charge in [-0.2, -0.15) is 9.97 Å². The fourth-order valence-electron chi connectivity index (χ4n) is 9.63. The first-order valence-electron chi connectivity index (χ1n) is 28.1. The number of aliphatic hydroxyl groups excluding tert-OH is 1. The van der Waals surface area contributed by atoms with Crippen LogP contribution >= 0.6 is 11.3 Å². The minimum atomic E-state index is -0.964. The molecule has 0 aliphatic carbocycles. The molecule has 5 amide bonds. The Morgan fingerprint density at radius 3 is 2.24 bits per heavy atom. The molecular formula is C60H73FN12O12S. The van der Waals surface area contributed by atoms with Crippen LogP contribution in [-0.2, 0) is 44.7 Å². The highest BCUT2D eigenvalue weighted by Gasteiger charge is 2.44. The number of hydrogen-bond donors (Lipinski definition) is 7. The molecule has 8 rings (SSSR count). The van der Waals surface area contributed by atoms with Crippen LogP contribution in [0.4, 0.5) is 27.5 Å². The number of amides is 5. The van der Waals surface area contributed by atoms with Crippen LogP contribution in [0, 0.1) is 18.2 Å². The minimum absolute atomic E-state index is 0.0152. The summed E-state index contributed by atoms with van der Waals surface area (Å²) in [5.74, 6) is -2.40. The molecule has 24 nitrogen and oxygen atoms in total. The highest BCUT2D eigenvalue weighted by Crippen LogP contribution is 2.35. The lowest BCUT2D eigenvalue weighted by Crippen LogP contribution is -2.57. The molecule has 1 aliphatic heterocycles. The van der Waals surface area contributed by atoms with Gasteiger partial charge in [-0.05, 0) is 59.9 Å². The smallest absolute Gasteiger partial charge is 0.256 e. The van der Waals surface area contributed by atoms with E-state index in [0.29, 0.717) is 33.4 Å². The third kappa shape index (κ3) is 16.3. The number of aliphatic hydroxyl groups is 1. The van der Waals surface area contributed by atoms with Gasteiger partial charge in [-0.25, -0.2) is 9.37 Å². The molecule has 1 saturated heterocycles. The first-order chi connectivity index (χ1) is 41.3. The topological polar surface area (TPSA) is 295 Å². The monoisotopic (exact) mass is 1200 g/mol. The number of fused-ring (bicyclic) bond motifs is 2. The molecule has 1 fully saturated rings. The summed E-state index contributed by atoms with van der Waals surface area (Å²) in [4.78, 5) is 100. The van der Waals surface area contributed by atoms with Crippen molar-refractivity contribution in [2.45, 2.75) is 71.7 Å². The lowest BCUT2D eigenvalue weighted by molar-refractivity contribution is -0.144. The van der Waals surface area contributed by atoms with Crippen molar-refractivity contribution in [2.75, 3.05) is 97.8 Å². The average Bonchev–Trinajstić information content (AvgIpc) is 3.86. The number of likely N-dealkylation sites (tertiary alicyclic amines) is 1. The van der Waals surface area contributed by atoms with E-state index < -0.39 is 47.1 Å². The molecule has 0 unspecified atom stereocenters. The predicted molar refractivity (Wildman–Crippen MR) is 321 cm³/mol. The Morgan fingerprint density at radius 1 is 0.884 bits per heavy atom. The minimum Gasteiger partial charge on any atom is -0.495 e. The van der Waals surface area contributed by atoms with E-state index in [-0.39, 0.29) is 132 Å². The van der Waals surface area contributed by atoms with Crippen LogP contribution in [0.25, 0.3) is 32.4 Å². The van der Waals surface area contributed by atoms with Crippen LogP contribution in [0.2, 0.25) is 0 Å². The van der Waals surface area contributed by atoms with Crippen molar-refractivity contribution >= 4 is 91.9 Å². The Hall–Kier alpha value is -8.40. The van der Waals surface area contributed by atoms with E-state index in [1.807, 2.05) is 52.0 Å². The van der Waals surface area contributed by atoms with Crippen LogP contribution in [0.3, 0.4) is 0 Å². The van der Waals surface area contributed by atoms with Crippen molar-refractivity contribution < 1.29 is 61.9 Å². The van der Waals surface area contributed by atoms with Crippen LogP contribution in [0.15, 0.2) is 84.6 Å². The first kappa shape index (κ1) is 63.6. The third-order valence-corrected chi connectivity index (χ3v) is 15.2. The second-order valence-corrected chi connectivity index (χ2v) is 22.3. The van der Waals surface area contributed by atoms with Crippen molar-refractivity contribution in [1.82, 2.24) is 50.3 Å². The molecule has 26 heteroatoms. The Kier molecular flexibility index (Phi) is 21.9. The number of likely N-dealkylation sites (N-methyl/N-ethyl adjacent to an activating group) is 1. The number of halogens is 1. The van der Waals surface area contributed by atoms with Crippen molar-refractivity contribution in [2.24, 2.45) is 5.41 Å². The number of ether oxygens (including phenoxy) is 5. The van der Waals surface area contributed by atoms with E-state index >= 15 is 0 Å². The lowest BCUT2D eigenvalue weighted by Gasteiger charge is -2.35. The van der Waals surface area contributed by atoms with E-state index in [1.165, 1.54) is 47.7 Å². The van der Waals surface area contributed by atoms with Crippen molar-refractivity contribution in [1.29, 1.82) is 0 Å². The van der Waals surface area contributed by atoms with Crippen LogP contribution < -0.4 is 31.3 Å². The molecule has 4 aromatic heterocycles. The molecule has 0 saturated carbocycles. The molecule has 7 aromatic rings. The molecule has 0 spiro atoms. The number of H-pyrrole nitrogens is 1. The largest absolute Gasteiger partial charge is 0.495 e. The van der Waals surface area contributed by atoms with E-state index in [4.69, 9.17) is 23.7 Å². The number of anilines is 4. The molecule has 0 radical (unpaired) electrons. The maximum atomic E-state index is 14.8. The zero-order chi connectivity index (χ0) is 61.5. The van der Waals surface area contributed by atoms with Crippen molar-refractivity contribution in [3.8, 4) is 16.2 Å². The fraction of sp³-hybridized carbons (Fsp3) is 0.417. The Morgan fingerprint density at radius 2 is 1.58 bits per heavy atom. The van der Waals surface area contributed by atoms with Gasteiger partial charge >= 0.3 is 0 Å². The number of aryl methyl sites for hydroxylation is 1. The van der Waals surface area contributed by atoms with Gasteiger partial charge in [-0.1, -0.05) is 51.1 Å². The third-order valence-electron chi connectivity index (χ3n) is 14.2. The average molecular weight is 1210 g/mol. The molecule has 0 bridgehead atoms. The highest BCUT2D eigenvalue weighted by molar-refractivity contribution is 7.13. The summed E-state index contributed by atoms with van der Waals surface area (Å²) in [5, 5.41) is 26.3. The number of aromatic nitrogens is 5. The van der Waals surface area contributed by atoms with Crippen LogP contribution in [-0.4, -0.2) is 180 Å². The van der Waals surface area contributed by atoms with Gasteiger partial charge in [-0.3, -0.25) is 33.3 Å². The number of benzene rings is 3. The first-order valence-corrected chi connectivity index (χ1v) is 28.9. The quantitative estimate of drug-likeness (QED) is 0.0261. The second-order valence-electron chi connectivity index (χ2n) is 21.5. The highest BCUT2D eigenvalue weighted by atomic mass is 32.1. The van der Waals surface area contributed by atoms with Gasteiger partial charge in [0.1, 0.15) is 41.7 Å². The van der Waals surface area contributed by atoms with Crippen LogP contribution in [0.1, 0.15) is 66.4 Å². The van der Waals surface area contributed by atoms with Crippen molar-refractivity contribution in [3.63, 3.8) is 0 Å². The molecular weight excluding hydrogens is 1130 g/mol. The molecule has 5 heterocycles.